The zero-order valence-electron chi connectivity index (χ0n) is 14.3. The lowest BCUT2D eigenvalue weighted by Crippen LogP contribution is -2.44. The quantitative estimate of drug-likeness (QED) is 0.717. The molecule has 1 heterocycles. The van der Waals surface area contributed by atoms with E-state index < -0.39 is 0 Å². The molecule has 1 unspecified atom stereocenters. The SMILES string of the molecule is CN1C(CCc2ccccc2)CCC[C@@H]1CCc1ccccc1. The van der Waals surface area contributed by atoms with Gasteiger partial charge in [0, 0.05) is 12.1 Å². The van der Waals surface area contributed by atoms with Crippen LogP contribution in [-0.4, -0.2) is 24.0 Å². The molecule has 0 radical (unpaired) electrons. The molecule has 1 aliphatic heterocycles. The van der Waals surface area contributed by atoms with E-state index >= 15 is 0 Å². The van der Waals surface area contributed by atoms with Crippen LogP contribution in [0.15, 0.2) is 60.7 Å². The molecule has 0 aliphatic carbocycles. The Kier molecular flexibility index (Phi) is 5.87. The van der Waals surface area contributed by atoms with Gasteiger partial charge in [0.05, 0.1) is 0 Å². The first-order valence-corrected chi connectivity index (χ1v) is 9.13. The summed E-state index contributed by atoms with van der Waals surface area (Å²) in [4.78, 5) is 2.68. The fraction of sp³-hybridized carbons (Fsp3) is 0.455. The van der Waals surface area contributed by atoms with Crippen LogP contribution in [0.1, 0.15) is 43.2 Å². The summed E-state index contributed by atoms with van der Waals surface area (Å²) < 4.78 is 0. The zero-order valence-corrected chi connectivity index (χ0v) is 14.3. The van der Waals surface area contributed by atoms with Gasteiger partial charge in [0.2, 0.25) is 0 Å². The van der Waals surface area contributed by atoms with Gasteiger partial charge in [-0.15, -0.1) is 0 Å². The summed E-state index contributed by atoms with van der Waals surface area (Å²) in [6.45, 7) is 0. The molecule has 1 heteroatoms. The van der Waals surface area contributed by atoms with Crippen LogP contribution < -0.4 is 0 Å². The minimum Gasteiger partial charge on any atom is -0.300 e. The number of nitrogens with zero attached hydrogens (tertiary/aromatic N) is 1. The van der Waals surface area contributed by atoms with Crippen LogP contribution in [0.4, 0.5) is 0 Å². The van der Waals surface area contributed by atoms with Crippen LogP contribution in [0, 0.1) is 0 Å². The predicted octanol–water partition coefficient (Wildman–Crippen LogP) is 5.10. The van der Waals surface area contributed by atoms with Crippen molar-refractivity contribution in [2.75, 3.05) is 7.05 Å². The molecule has 0 saturated carbocycles. The number of likely N-dealkylation sites (tertiary alicyclic amines) is 1. The van der Waals surface area contributed by atoms with Gasteiger partial charge >= 0.3 is 0 Å². The third kappa shape index (κ3) is 4.68. The lowest BCUT2D eigenvalue weighted by atomic mass is 9.89. The molecule has 0 N–H and O–H groups in total. The first kappa shape index (κ1) is 16.3. The summed E-state index contributed by atoms with van der Waals surface area (Å²) in [7, 11) is 2.35. The summed E-state index contributed by atoms with van der Waals surface area (Å²) in [5, 5.41) is 0. The Balaban J connectivity index is 1.50. The van der Waals surface area contributed by atoms with Crippen LogP contribution in [0.2, 0.25) is 0 Å². The molecule has 2 aromatic rings. The van der Waals surface area contributed by atoms with Gasteiger partial charge in [-0.3, -0.25) is 0 Å². The minimum atomic E-state index is 0.754. The molecule has 1 saturated heterocycles. The van der Waals surface area contributed by atoms with E-state index in [1.807, 2.05) is 0 Å². The highest BCUT2D eigenvalue weighted by molar-refractivity contribution is 5.16. The first-order valence-electron chi connectivity index (χ1n) is 9.13. The summed E-state index contributed by atoms with van der Waals surface area (Å²) >= 11 is 0. The van der Waals surface area contributed by atoms with Crippen molar-refractivity contribution in [2.45, 2.75) is 57.0 Å². The molecule has 1 aliphatic rings. The Hall–Kier alpha value is -1.60. The minimum absolute atomic E-state index is 0.754. The maximum Gasteiger partial charge on any atom is 0.00983 e. The van der Waals surface area contributed by atoms with Gasteiger partial charge in [-0.1, -0.05) is 67.1 Å². The average molecular weight is 307 g/mol. The standard InChI is InChI=1S/C22H29N/c1-23-21(17-15-19-9-4-2-5-10-19)13-8-14-22(23)18-16-20-11-6-3-7-12-20/h2-7,9-12,21-22H,8,13-18H2,1H3/t21-,22?/m1/s1. The maximum absolute atomic E-state index is 2.68. The Morgan fingerprint density at radius 3 is 1.61 bits per heavy atom. The predicted molar refractivity (Wildman–Crippen MR) is 98.7 cm³/mol. The van der Waals surface area contributed by atoms with Crippen LogP contribution >= 0.6 is 0 Å². The fourth-order valence-corrected chi connectivity index (χ4v) is 3.95. The van der Waals surface area contributed by atoms with Gasteiger partial charge in [-0.05, 0) is 56.7 Å². The Morgan fingerprint density at radius 1 is 0.739 bits per heavy atom. The van der Waals surface area contributed by atoms with E-state index in [0.717, 1.165) is 12.1 Å². The van der Waals surface area contributed by atoms with Gasteiger partial charge in [0.1, 0.15) is 0 Å². The van der Waals surface area contributed by atoms with Crippen LogP contribution in [-0.2, 0) is 12.8 Å². The lowest BCUT2D eigenvalue weighted by Gasteiger charge is -2.40. The molecule has 0 amide bonds. The lowest BCUT2D eigenvalue weighted by molar-refractivity contribution is 0.103. The molecule has 23 heavy (non-hydrogen) atoms. The van der Waals surface area contributed by atoms with Crippen LogP contribution in [0.3, 0.4) is 0 Å². The molecular formula is C22H29N. The Labute approximate surface area is 141 Å². The largest absolute Gasteiger partial charge is 0.300 e. The third-order valence-electron chi connectivity index (χ3n) is 5.44. The summed E-state index contributed by atoms with van der Waals surface area (Å²) in [5.41, 5.74) is 2.96. The van der Waals surface area contributed by atoms with Crippen molar-refractivity contribution in [2.24, 2.45) is 0 Å². The van der Waals surface area contributed by atoms with Gasteiger partial charge in [-0.25, -0.2) is 0 Å². The number of benzene rings is 2. The van der Waals surface area contributed by atoms with Crippen molar-refractivity contribution in [3.63, 3.8) is 0 Å². The second-order valence-electron chi connectivity index (χ2n) is 6.95. The van der Waals surface area contributed by atoms with Gasteiger partial charge in [0.25, 0.3) is 0 Å². The van der Waals surface area contributed by atoms with E-state index in [2.05, 4.69) is 72.6 Å². The molecular weight excluding hydrogens is 278 g/mol. The van der Waals surface area contributed by atoms with E-state index in [1.165, 1.54) is 56.1 Å². The fourth-order valence-electron chi connectivity index (χ4n) is 3.95. The van der Waals surface area contributed by atoms with Gasteiger partial charge < -0.3 is 4.90 Å². The van der Waals surface area contributed by atoms with Crippen molar-refractivity contribution >= 4 is 0 Å². The van der Waals surface area contributed by atoms with E-state index in [4.69, 9.17) is 0 Å². The normalized spacial score (nSPS) is 22.1. The molecule has 122 valence electrons. The molecule has 0 aromatic heterocycles. The third-order valence-corrected chi connectivity index (χ3v) is 5.44. The molecule has 2 atom stereocenters. The average Bonchev–Trinajstić information content (AvgIpc) is 2.61. The smallest absolute Gasteiger partial charge is 0.00983 e. The second kappa shape index (κ2) is 8.31. The van der Waals surface area contributed by atoms with Crippen molar-refractivity contribution < 1.29 is 0 Å². The second-order valence-corrected chi connectivity index (χ2v) is 6.95. The summed E-state index contributed by atoms with van der Waals surface area (Å²) in [6.07, 6.45) is 9.13. The van der Waals surface area contributed by atoms with Crippen molar-refractivity contribution in [1.82, 2.24) is 4.90 Å². The van der Waals surface area contributed by atoms with Crippen molar-refractivity contribution in [3.8, 4) is 0 Å². The first-order chi connectivity index (χ1) is 11.3. The number of rotatable bonds is 6. The monoisotopic (exact) mass is 307 g/mol. The van der Waals surface area contributed by atoms with E-state index in [0.29, 0.717) is 0 Å². The van der Waals surface area contributed by atoms with Gasteiger partial charge in [0.15, 0.2) is 0 Å². The summed E-state index contributed by atoms with van der Waals surface area (Å²) in [5.74, 6) is 0. The maximum atomic E-state index is 2.68. The highest BCUT2D eigenvalue weighted by Crippen LogP contribution is 2.27. The number of piperidine rings is 1. The van der Waals surface area contributed by atoms with Crippen molar-refractivity contribution in [3.05, 3.63) is 71.8 Å². The van der Waals surface area contributed by atoms with E-state index in [9.17, 15) is 0 Å². The van der Waals surface area contributed by atoms with Crippen molar-refractivity contribution in [1.29, 1.82) is 0 Å². The zero-order chi connectivity index (χ0) is 15.9. The van der Waals surface area contributed by atoms with E-state index in [-0.39, 0.29) is 0 Å². The number of aryl methyl sites for hydroxylation is 2. The number of hydrogen-bond acceptors (Lipinski definition) is 1. The summed E-state index contributed by atoms with van der Waals surface area (Å²) in [6, 6.07) is 23.4. The van der Waals surface area contributed by atoms with E-state index in [1.54, 1.807) is 0 Å². The highest BCUT2D eigenvalue weighted by Gasteiger charge is 2.26. The van der Waals surface area contributed by atoms with Crippen LogP contribution in [0.5, 0.6) is 0 Å². The number of hydrogen-bond donors (Lipinski definition) is 0. The molecule has 0 spiro atoms. The van der Waals surface area contributed by atoms with Crippen LogP contribution in [0.25, 0.3) is 0 Å². The Bertz CT molecular complexity index is 512. The topological polar surface area (TPSA) is 3.24 Å². The molecule has 1 fully saturated rings. The molecule has 1 nitrogen and oxygen atoms in total. The highest BCUT2D eigenvalue weighted by atomic mass is 15.2. The Morgan fingerprint density at radius 2 is 1.17 bits per heavy atom. The molecule has 0 bridgehead atoms. The molecule has 2 aromatic carbocycles. The molecule has 3 rings (SSSR count). The van der Waals surface area contributed by atoms with Gasteiger partial charge in [-0.2, -0.15) is 0 Å².